The van der Waals surface area contributed by atoms with Gasteiger partial charge < -0.3 is 10.6 Å². The molecule has 4 bridgehead atoms. The van der Waals surface area contributed by atoms with E-state index in [0.29, 0.717) is 28.5 Å². The summed E-state index contributed by atoms with van der Waals surface area (Å²) >= 11 is 0. The van der Waals surface area contributed by atoms with Crippen LogP contribution in [0.1, 0.15) is 67.5 Å². The molecule has 158 valence electrons. The molecule has 5 saturated carbocycles. The first kappa shape index (κ1) is 18.4. The number of amides is 2. The van der Waals surface area contributed by atoms with Crippen molar-refractivity contribution in [2.45, 2.75) is 63.8 Å². The first-order valence-electron chi connectivity index (χ1n) is 11.6. The molecule has 0 spiro atoms. The van der Waals surface area contributed by atoms with Crippen LogP contribution >= 0.6 is 0 Å². The van der Waals surface area contributed by atoms with Gasteiger partial charge in [0.05, 0.1) is 12.1 Å². The number of hydrogen-bond acceptors (Lipinski definition) is 3. The predicted octanol–water partition coefficient (Wildman–Crippen LogP) is 3.10. The number of fused-ring (bicyclic) bond motifs is 1. The fraction of sp³-hybridized carbons (Fsp3) is 0.625. The molecule has 0 atom stereocenters. The Labute approximate surface area is 176 Å². The summed E-state index contributed by atoms with van der Waals surface area (Å²) in [6, 6.07) is 5.95. The summed E-state index contributed by atoms with van der Waals surface area (Å²) in [6.45, 7) is 0.789. The van der Waals surface area contributed by atoms with Gasteiger partial charge in [-0.3, -0.25) is 14.0 Å². The van der Waals surface area contributed by atoms with E-state index in [1.165, 1.54) is 38.5 Å². The number of rotatable bonds is 6. The number of carbonyl (C=O) groups excluding carboxylic acids is 2. The smallest absolute Gasteiger partial charge is 0.268 e. The maximum atomic E-state index is 13.1. The minimum Gasteiger partial charge on any atom is -0.353 e. The summed E-state index contributed by atoms with van der Waals surface area (Å²) < 4.78 is 1.83. The highest BCUT2D eigenvalue weighted by Crippen LogP contribution is 2.59. The lowest BCUT2D eigenvalue weighted by Crippen LogP contribution is -2.51. The standard InChI is InChI=1S/C24H30N4O2/c29-22(27-18-4-5-18)9-19-13-28-20(2-1-3-21(28)26-19)23(30)25-14-24-10-15-6-16(11-24)8-17(7-15)12-24/h1-3,13,15-18H,4-12,14H2,(H,25,30)(H,27,29). The Hall–Kier alpha value is -2.37. The molecule has 6 heteroatoms. The van der Waals surface area contributed by atoms with Gasteiger partial charge in [-0.05, 0) is 86.7 Å². The lowest BCUT2D eigenvalue weighted by atomic mass is 9.49. The predicted molar refractivity (Wildman–Crippen MR) is 113 cm³/mol. The first-order chi connectivity index (χ1) is 14.6. The summed E-state index contributed by atoms with van der Waals surface area (Å²) in [5.41, 5.74) is 2.33. The van der Waals surface area contributed by atoms with Crippen LogP contribution in [0.4, 0.5) is 0 Å². The number of hydrogen-bond donors (Lipinski definition) is 2. The van der Waals surface area contributed by atoms with Gasteiger partial charge in [-0.2, -0.15) is 0 Å². The van der Waals surface area contributed by atoms with Crippen molar-refractivity contribution in [2.75, 3.05) is 6.54 Å². The molecule has 2 aromatic rings. The van der Waals surface area contributed by atoms with Crippen molar-refractivity contribution >= 4 is 17.5 Å². The highest BCUT2D eigenvalue weighted by atomic mass is 16.2. The molecule has 7 rings (SSSR count). The van der Waals surface area contributed by atoms with Crippen LogP contribution in [0.5, 0.6) is 0 Å². The van der Waals surface area contributed by atoms with Crippen molar-refractivity contribution in [3.05, 3.63) is 35.8 Å². The van der Waals surface area contributed by atoms with Crippen LogP contribution in [-0.2, 0) is 11.2 Å². The van der Waals surface area contributed by atoms with Gasteiger partial charge >= 0.3 is 0 Å². The van der Waals surface area contributed by atoms with E-state index in [1.807, 2.05) is 28.8 Å². The van der Waals surface area contributed by atoms with E-state index in [0.717, 1.165) is 37.1 Å². The van der Waals surface area contributed by atoms with Crippen LogP contribution in [0.15, 0.2) is 24.4 Å². The van der Waals surface area contributed by atoms with Gasteiger partial charge in [0.2, 0.25) is 5.91 Å². The van der Waals surface area contributed by atoms with E-state index in [9.17, 15) is 9.59 Å². The number of pyridine rings is 1. The topological polar surface area (TPSA) is 75.5 Å². The first-order valence-corrected chi connectivity index (χ1v) is 11.6. The summed E-state index contributed by atoms with van der Waals surface area (Å²) in [5, 5.41) is 6.27. The van der Waals surface area contributed by atoms with Gasteiger partial charge in [-0.25, -0.2) is 4.98 Å². The van der Waals surface area contributed by atoms with E-state index in [1.54, 1.807) is 0 Å². The number of nitrogens with zero attached hydrogens (tertiary/aromatic N) is 2. The second-order valence-electron chi connectivity index (χ2n) is 10.5. The Kier molecular flexibility index (Phi) is 4.19. The molecule has 5 fully saturated rings. The Bertz CT molecular complexity index is 971. The molecule has 2 N–H and O–H groups in total. The highest BCUT2D eigenvalue weighted by molar-refractivity contribution is 5.93. The molecule has 0 saturated heterocycles. The average molecular weight is 407 g/mol. The molecule has 0 radical (unpaired) electrons. The summed E-state index contributed by atoms with van der Waals surface area (Å²) in [6.07, 6.45) is 12.3. The summed E-state index contributed by atoms with van der Waals surface area (Å²) in [7, 11) is 0. The van der Waals surface area contributed by atoms with E-state index in [-0.39, 0.29) is 18.2 Å². The minimum atomic E-state index is -0.0391. The van der Waals surface area contributed by atoms with Crippen molar-refractivity contribution < 1.29 is 9.59 Å². The van der Waals surface area contributed by atoms with Gasteiger partial charge in [0.1, 0.15) is 11.3 Å². The summed E-state index contributed by atoms with van der Waals surface area (Å²) in [4.78, 5) is 29.8. The molecule has 2 amide bonds. The zero-order valence-corrected chi connectivity index (χ0v) is 17.4. The van der Waals surface area contributed by atoms with E-state index in [4.69, 9.17) is 0 Å². The molecule has 2 heterocycles. The zero-order valence-electron chi connectivity index (χ0n) is 17.4. The molecule has 5 aliphatic carbocycles. The Morgan fingerprint density at radius 2 is 1.77 bits per heavy atom. The van der Waals surface area contributed by atoms with Crippen LogP contribution in [0.25, 0.3) is 5.65 Å². The molecule has 0 unspecified atom stereocenters. The second kappa shape index (κ2) is 6.82. The molecular formula is C24H30N4O2. The molecule has 5 aliphatic rings. The Morgan fingerprint density at radius 1 is 1.07 bits per heavy atom. The monoisotopic (exact) mass is 406 g/mol. The largest absolute Gasteiger partial charge is 0.353 e. The van der Waals surface area contributed by atoms with Crippen LogP contribution < -0.4 is 10.6 Å². The van der Waals surface area contributed by atoms with E-state index >= 15 is 0 Å². The van der Waals surface area contributed by atoms with Gasteiger partial charge in [0, 0.05) is 18.8 Å². The van der Waals surface area contributed by atoms with Crippen molar-refractivity contribution in [3.8, 4) is 0 Å². The van der Waals surface area contributed by atoms with Gasteiger partial charge in [-0.15, -0.1) is 0 Å². The van der Waals surface area contributed by atoms with Crippen LogP contribution in [-0.4, -0.2) is 33.8 Å². The molecule has 30 heavy (non-hydrogen) atoms. The average Bonchev–Trinajstić information content (AvgIpc) is 3.40. The normalized spacial score (nSPS) is 31.8. The number of aromatic nitrogens is 2. The third-order valence-corrected chi connectivity index (χ3v) is 7.85. The maximum Gasteiger partial charge on any atom is 0.268 e. The Morgan fingerprint density at radius 3 is 2.43 bits per heavy atom. The SMILES string of the molecule is O=C(Cc1cn2c(C(=O)NCC34CC5CC(CC(C5)C3)C4)cccc2n1)NC1CC1. The van der Waals surface area contributed by atoms with Crippen molar-refractivity contribution in [3.63, 3.8) is 0 Å². The minimum absolute atomic E-state index is 0.00808. The number of carbonyl (C=O) groups is 2. The van der Waals surface area contributed by atoms with E-state index in [2.05, 4.69) is 15.6 Å². The quantitative estimate of drug-likeness (QED) is 0.774. The maximum absolute atomic E-state index is 13.1. The van der Waals surface area contributed by atoms with Gasteiger partial charge in [-0.1, -0.05) is 6.07 Å². The molecule has 2 aromatic heterocycles. The zero-order chi connectivity index (χ0) is 20.3. The Balaban J connectivity index is 1.16. The summed E-state index contributed by atoms with van der Waals surface area (Å²) in [5.74, 6) is 2.62. The number of nitrogens with one attached hydrogen (secondary N) is 2. The third kappa shape index (κ3) is 3.40. The second-order valence-corrected chi connectivity index (χ2v) is 10.5. The van der Waals surface area contributed by atoms with E-state index < -0.39 is 0 Å². The van der Waals surface area contributed by atoms with Crippen molar-refractivity contribution in [1.29, 1.82) is 0 Å². The van der Waals surface area contributed by atoms with Crippen molar-refractivity contribution in [1.82, 2.24) is 20.0 Å². The lowest BCUT2D eigenvalue weighted by molar-refractivity contribution is -0.120. The fourth-order valence-corrected chi connectivity index (χ4v) is 6.87. The number of imidazole rings is 1. The molecule has 6 nitrogen and oxygen atoms in total. The van der Waals surface area contributed by atoms with Crippen LogP contribution in [0, 0.1) is 23.2 Å². The third-order valence-electron chi connectivity index (χ3n) is 7.85. The van der Waals surface area contributed by atoms with Gasteiger partial charge in [0.15, 0.2) is 0 Å². The lowest BCUT2D eigenvalue weighted by Gasteiger charge is -2.56. The molecule has 0 aliphatic heterocycles. The van der Waals surface area contributed by atoms with Crippen LogP contribution in [0.2, 0.25) is 0 Å². The van der Waals surface area contributed by atoms with Crippen LogP contribution in [0.3, 0.4) is 0 Å². The molecular weight excluding hydrogens is 376 g/mol. The highest BCUT2D eigenvalue weighted by Gasteiger charge is 2.50. The molecule has 0 aromatic carbocycles. The van der Waals surface area contributed by atoms with Crippen molar-refractivity contribution in [2.24, 2.45) is 23.2 Å². The van der Waals surface area contributed by atoms with Gasteiger partial charge in [0.25, 0.3) is 5.91 Å². The fourth-order valence-electron chi connectivity index (χ4n) is 6.87.